The number of Topliss-reactive ketones (excluding diaryl/α,β-unsaturated/α-hetero) is 4. The van der Waals surface area contributed by atoms with Crippen molar-refractivity contribution in [2.24, 2.45) is 81.2 Å². The molecule has 1 saturated heterocycles. The van der Waals surface area contributed by atoms with Crippen molar-refractivity contribution in [2.75, 3.05) is 89.2 Å². The predicted molar refractivity (Wildman–Crippen MR) is 563 cm³/mol. The Hall–Kier alpha value is -13.8. The van der Waals surface area contributed by atoms with Crippen LogP contribution in [0.1, 0.15) is 219 Å². The molecule has 50 heteroatoms. The molecule has 10 atom stereocenters. The van der Waals surface area contributed by atoms with Crippen LogP contribution in [0.4, 0.5) is 11.4 Å². The molecule has 0 spiro atoms. The van der Waals surface area contributed by atoms with Gasteiger partial charge in [0.05, 0.1) is 45.6 Å². The Bertz CT molecular complexity index is 5220. The van der Waals surface area contributed by atoms with E-state index in [0.29, 0.717) is 50.8 Å². The molecule has 2 aromatic rings. The van der Waals surface area contributed by atoms with Crippen LogP contribution in [0, 0.1) is 79.8 Å². The van der Waals surface area contributed by atoms with Gasteiger partial charge in [-0.2, -0.15) is 13.0 Å². The van der Waals surface area contributed by atoms with Gasteiger partial charge in [-0.05, 0) is 179 Å². The van der Waals surface area contributed by atoms with Crippen molar-refractivity contribution in [1.29, 1.82) is 43.3 Å². The maximum absolute atomic E-state index is 15.2. The average molecular weight is 2080 g/mol. The minimum absolute atomic E-state index is 0.00364. The summed E-state index contributed by atoms with van der Waals surface area (Å²) in [7, 11) is -4.52. The number of nitrogens with zero attached hydrogens (tertiary/aromatic N) is 3. The maximum atomic E-state index is 15.2. The Kier molecular flexibility index (Phi) is 51.6. The molecular weight excluding hydrogens is 1920 g/mol. The Labute approximate surface area is 858 Å². The van der Waals surface area contributed by atoms with Gasteiger partial charge in [-0.15, -0.1) is 11.8 Å². The fourth-order valence-electron chi connectivity index (χ4n) is 17.7. The lowest BCUT2D eigenvalue weighted by atomic mass is 9.81. The molecule has 0 saturated carbocycles. The number of guanidine groups is 8. The quantitative estimate of drug-likeness (QED) is 0.00812. The Balaban J connectivity index is 1.32. The lowest BCUT2D eigenvalue weighted by molar-refractivity contribution is -0.433. The largest absolute Gasteiger partial charge is 0.370 e. The number of ketones is 4. The molecule has 0 bridgehead atoms. The highest BCUT2D eigenvalue weighted by Gasteiger charge is 2.46. The Morgan fingerprint density at radius 3 is 1.26 bits per heavy atom. The van der Waals surface area contributed by atoms with Crippen molar-refractivity contribution in [3.05, 3.63) is 89.2 Å². The Morgan fingerprint density at radius 1 is 0.466 bits per heavy atom. The molecule has 3 heterocycles. The summed E-state index contributed by atoms with van der Waals surface area (Å²) < 4.78 is 37.2. The molecule has 808 valence electrons. The maximum Gasteiger partial charge on any atom is 0.294 e. The van der Waals surface area contributed by atoms with E-state index in [-0.39, 0.29) is 201 Å². The second-order valence-corrected chi connectivity index (χ2v) is 40.6. The number of hydrogen-bond acceptors (Lipinski definition) is 24. The molecule has 8 amide bonds. The summed E-state index contributed by atoms with van der Waals surface area (Å²) in [5.41, 5.74) is 56.9. The fourth-order valence-corrected chi connectivity index (χ4v) is 19.5. The number of thioether (sulfide) groups is 1. The van der Waals surface area contributed by atoms with Crippen LogP contribution in [0.3, 0.4) is 0 Å². The number of nitrogens with one attached hydrogen (secondary N) is 21. The second kappa shape index (κ2) is 61.5. The number of carbonyl (C=O) groups is 12. The minimum atomic E-state index is -4.52. The third-order valence-corrected chi connectivity index (χ3v) is 27.9. The van der Waals surface area contributed by atoms with Crippen molar-refractivity contribution < 1.29 is 75.1 Å². The van der Waals surface area contributed by atoms with Crippen LogP contribution >= 0.6 is 11.8 Å². The molecule has 0 aromatic heterocycles. The first-order chi connectivity index (χ1) is 68.9. The van der Waals surface area contributed by atoms with Crippen LogP contribution in [-0.2, 0) is 78.5 Å². The standard InChI is InChI=1S/C96H157N33O15S2/c1-8-127-70-36-34-57(2)49-64(70)95(4,5)77(127)31-11-9-12-32-78-96(6,7)65-54-63(146(142,143)144)35-37-71(65)128(78)47-14-10-13-33-79(134)114-46-48-129-80(135)55-76(86(129)141)145-56-62(81(97)136)53-75(133)69(30-22-45-122-94(112)113)126-85(140)61(26-18-41-118-90(104)105)52-74(132)68(29-21-44-121-93(110)111)125-84(139)60(25-17-40-117-89(102)103)51-73(131)67(28-20-43-120-92(108)109)124-83(138)59(24-16-39-116-88(100)101)50-72(130)66(27-19-42-119-91(106)107)123-82(137)58(3)23-15-38-115-87(98)99/h9,11-12,31-32,34-37,49,54,58-62,66-69,76H,8,10,13-30,33,38-48,50-53,55-56H2,1-7H3,(H39-,97,98,99,100,101,102,103,104,105,106,107,108,109,110,111,112,113,114,115,116,117,118,119,120,121,122,123,124,125,126,134,136,137,138,139,140,142,143,144)/p+1/t58-,59+,60+,61+,62-,66-,67-,68-,69-,76?/m1/s1. The molecule has 3 aliphatic heterocycles. The van der Waals surface area contributed by atoms with Gasteiger partial charge in [-0.1, -0.05) is 57.0 Å². The van der Waals surface area contributed by atoms with Crippen molar-refractivity contribution >= 4 is 157 Å². The molecule has 1 fully saturated rings. The highest BCUT2D eigenvalue weighted by molar-refractivity contribution is 8.00. The SMILES string of the molecule is CC[N+]1=C(/C=C/C=C/C=C2/N(CCCCCC(=O)NCCN3C(=O)CC(SC[C@@H](CC(=O)[C@@H](CCCNC(=N)N)NC(=O)[C@@H](CCCNC(=N)N)CC(=O)[C@@H](CCCNC(=N)N)NC(=O)[C@@H](CCCNC(=N)N)CC(=O)[C@@H](CCCNC(=N)N)NC(=O)[C@@H](CCCNC(=N)N)CC(=O)[C@@H](CCCNC(=N)N)NC(=O)[C@H](C)CCCNC(=N)N)C(N)=O)C3=O)c3ccc(S(=O)(=O)O)cc3C2(C)C)C(C)(C)c2cc(C)ccc21. The van der Waals surface area contributed by atoms with E-state index in [1.165, 1.54) is 28.9 Å². The number of aryl methyl sites for hydroxylation is 1. The van der Waals surface area contributed by atoms with Gasteiger partial charge in [-0.25, -0.2) is 0 Å². The number of anilines is 1. The highest BCUT2D eigenvalue weighted by Crippen LogP contribution is 2.49. The van der Waals surface area contributed by atoms with Crippen LogP contribution < -0.4 is 126 Å². The first-order valence-corrected chi connectivity index (χ1v) is 52.1. The van der Waals surface area contributed by atoms with E-state index >= 15 is 19.2 Å². The van der Waals surface area contributed by atoms with Crippen LogP contribution in [0.5, 0.6) is 0 Å². The molecule has 3 aliphatic rings. The summed E-state index contributed by atoms with van der Waals surface area (Å²) in [5, 5.41) is 96.1. The number of fused-ring (bicyclic) bond motifs is 2. The van der Waals surface area contributed by atoms with Crippen LogP contribution in [-0.4, -0.2) is 260 Å². The van der Waals surface area contributed by atoms with Crippen molar-refractivity contribution in [2.45, 2.75) is 254 Å². The normalized spacial score (nSPS) is 16.1. The first-order valence-electron chi connectivity index (χ1n) is 49.6. The fraction of sp³-hybridized carbons (Fsp3) is 0.594. The molecule has 146 heavy (non-hydrogen) atoms. The van der Waals surface area contributed by atoms with Crippen molar-refractivity contribution in [1.82, 2.24) is 74.0 Å². The van der Waals surface area contributed by atoms with E-state index in [2.05, 4.69) is 131 Å². The van der Waals surface area contributed by atoms with Gasteiger partial charge in [0, 0.05) is 174 Å². The number of primary amides is 1. The topological polar surface area (TPSA) is 850 Å². The number of benzene rings is 2. The monoisotopic (exact) mass is 2080 g/mol. The summed E-state index contributed by atoms with van der Waals surface area (Å²) in [6, 6.07) is 5.62. The summed E-state index contributed by atoms with van der Waals surface area (Å²) in [6.07, 6.45) is 10.1. The second-order valence-electron chi connectivity index (χ2n) is 38.0. The number of allylic oxidation sites excluding steroid dienone is 6. The molecule has 2 aromatic carbocycles. The van der Waals surface area contributed by atoms with Crippen molar-refractivity contribution in [3.63, 3.8) is 0 Å². The zero-order chi connectivity index (χ0) is 109. The number of imide groups is 1. The third kappa shape index (κ3) is 42.1. The van der Waals surface area contributed by atoms with Crippen LogP contribution in [0.15, 0.2) is 77.4 Å². The minimum Gasteiger partial charge on any atom is -0.370 e. The van der Waals surface area contributed by atoms with Gasteiger partial charge in [0.15, 0.2) is 76.5 Å². The summed E-state index contributed by atoms with van der Waals surface area (Å²) in [6.45, 7) is 15.9. The van der Waals surface area contributed by atoms with E-state index in [4.69, 9.17) is 94.9 Å². The molecule has 0 aliphatic carbocycles. The van der Waals surface area contributed by atoms with Gasteiger partial charge in [0.1, 0.15) is 6.54 Å². The zero-order valence-corrected chi connectivity index (χ0v) is 86.6. The number of rotatable bonds is 70. The summed E-state index contributed by atoms with van der Waals surface area (Å²) in [4.78, 5) is 176. The number of carbonyl (C=O) groups excluding carboxylic acids is 12. The lowest BCUT2D eigenvalue weighted by Crippen LogP contribution is -2.49. The molecule has 0 radical (unpaired) electrons. The first kappa shape index (κ1) is 123. The van der Waals surface area contributed by atoms with Gasteiger partial charge in [0.2, 0.25) is 52.9 Å². The van der Waals surface area contributed by atoms with E-state index in [1.54, 1.807) is 13.0 Å². The number of unbranched alkanes of at least 4 members (excludes halogenated alkanes) is 2. The van der Waals surface area contributed by atoms with Crippen LogP contribution in [0.2, 0.25) is 0 Å². The van der Waals surface area contributed by atoms with E-state index in [9.17, 15) is 51.3 Å². The van der Waals surface area contributed by atoms with Gasteiger partial charge in [-0.3, -0.25) is 110 Å². The van der Waals surface area contributed by atoms with Crippen LogP contribution in [0.25, 0.3) is 0 Å². The summed E-state index contributed by atoms with van der Waals surface area (Å²) >= 11 is 0.915. The Morgan fingerprint density at radius 2 is 0.863 bits per heavy atom. The van der Waals surface area contributed by atoms with Gasteiger partial charge < -0.3 is 126 Å². The van der Waals surface area contributed by atoms with Gasteiger partial charge >= 0.3 is 0 Å². The number of likely N-dealkylation sites (tertiary alicyclic amines) is 1. The molecular formula is C96H158N33O15S2+. The van der Waals surface area contributed by atoms with Crippen molar-refractivity contribution in [3.8, 4) is 0 Å². The molecule has 1 unspecified atom stereocenters. The van der Waals surface area contributed by atoms with E-state index in [1.807, 2.05) is 38.2 Å². The molecule has 48 nitrogen and oxygen atoms in total. The summed E-state index contributed by atoms with van der Waals surface area (Å²) in [5.74, 6) is -17.2. The average Bonchev–Trinajstić information content (AvgIpc) is 1.59. The highest BCUT2D eigenvalue weighted by atomic mass is 32.2. The van der Waals surface area contributed by atoms with Gasteiger partial charge in [0.25, 0.3) is 10.1 Å². The van der Waals surface area contributed by atoms with E-state index in [0.717, 1.165) is 40.3 Å². The number of amides is 8. The molecule has 40 N–H and O–H groups in total. The number of hydrogen-bond donors (Lipinski definition) is 31. The van der Waals surface area contributed by atoms with E-state index < -0.39 is 195 Å². The molecule has 5 rings (SSSR count). The predicted octanol–water partition coefficient (Wildman–Crippen LogP) is 0.438. The zero-order valence-electron chi connectivity index (χ0n) is 85.0. The third-order valence-electron chi connectivity index (χ3n) is 25.7. The number of nitrogens with two attached hydrogens (primary N) is 9. The lowest BCUT2D eigenvalue weighted by Gasteiger charge is -2.27. The smallest absolute Gasteiger partial charge is 0.294 e.